The van der Waals surface area contributed by atoms with Gasteiger partial charge in [-0.3, -0.25) is 24.7 Å². The first kappa shape index (κ1) is 23.4. The van der Waals surface area contributed by atoms with Crippen molar-refractivity contribution in [2.24, 2.45) is 0 Å². The summed E-state index contributed by atoms with van der Waals surface area (Å²) >= 11 is 0. The number of hydrogen-bond acceptors (Lipinski definition) is 7. The van der Waals surface area contributed by atoms with E-state index in [4.69, 9.17) is 9.47 Å². The Kier molecular flexibility index (Phi) is 7.09. The number of aromatic nitrogens is 4. The van der Waals surface area contributed by atoms with Gasteiger partial charge in [-0.15, -0.1) is 0 Å². The fourth-order valence-electron chi connectivity index (χ4n) is 4.35. The van der Waals surface area contributed by atoms with Crippen molar-refractivity contribution in [2.75, 3.05) is 19.9 Å². The second-order valence-corrected chi connectivity index (χ2v) is 8.39. The number of amides is 1. The van der Waals surface area contributed by atoms with E-state index in [0.29, 0.717) is 38.1 Å². The molecule has 4 heterocycles. The molecule has 9 nitrogen and oxygen atoms in total. The van der Waals surface area contributed by atoms with Crippen LogP contribution in [-0.4, -0.2) is 63.4 Å². The zero-order valence-electron chi connectivity index (χ0n) is 19.5. The molecule has 1 aliphatic rings. The summed E-state index contributed by atoms with van der Waals surface area (Å²) in [4.78, 5) is 34.6. The van der Waals surface area contributed by atoms with Crippen molar-refractivity contribution in [3.63, 3.8) is 0 Å². The van der Waals surface area contributed by atoms with Crippen molar-refractivity contribution in [3.05, 3.63) is 78.8 Å². The highest BCUT2D eigenvalue weighted by Gasteiger charge is 2.27. The fraction of sp³-hybridized carbons (Fsp3) is 0.222. The first-order chi connectivity index (χ1) is 17.7. The predicted molar refractivity (Wildman–Crippen MR) is 133 cm³/mol. The van der Waals surface area contributed by atoms with Crippen LogP contribution in [0.2, 0.25) is 0 Å². The Hall–Kier alpha value is -4.37. The van der Waals surface area contributed by atoms with Crippen LogP contribution in [0.25, 0.3) is 33.8 Å². The van der Waals surface area contributed by atoms with E-state index in [1.165, 1.54) is 0 Å². The molecule has 0 saturated carbocycles. The van der Waals surface area contributed by atoms with Crippen LogP contribution in [0.4, 0.5) is 0 Å². The lowest BCUT2D eigenvalue weighted by Crippen LogP contribution is -2.44. The molecule has 36 heavy (non-hydrogen) atoms. The van der Waals surface area contributed by atoms with Crippen LogP contribution in [-0.2, 0) is 14.3 Å². The molecular formula is C27H25N5O4. The van der Waals surface area contributed by atoms with Gasteiger partial charge in [0, 0.05) is 48.3 Å². The number of nitrogens with zero attached hydrogens (tertiary/aromatic N) is 4. The minimum atomic E-state index is -0.185. The van der Waals surface area contributed by atoms with Crippen LogP contribution in [0.1, 0.15) is 23.2 Å². The molecule has 0 bridgehead atoms. The Labute approximate surface area is 208 Å². The van der Waals surface area contributed by atoms with Gasteiger partial charge < -0.3 is 14.4 Å². The van der Waals surface area contributed by atoms with Crippen LogP contribution in [0, 0.1) is 0 Å². The Morgan fingerprint density at radius 1 is 1.03 bits per heavy atom. The van der Waals surface area contributed by atoms with E-state index in [1.54, 1.807) is 35.6 Å². The summed E-state index contributed by atoms with van der Waals surface area (Å²) in [7, 11) is 0. The third kappa shape index (κ3) is 5.01. The molecular weight excluding hydrogens is 458 g/mol. The number of ether oxygens (including phenoxy) is 2. The highest BCUT2D eigenvalue weighted by molar-refractivity contribution is 5.95. The first-order valence-corrected chi connectivity index (χ1v) is 11.7. The number of carbonyl (C=O) groups excluding carboxylic acids is 2. The molecule has 0 spiro atoms. The topological polar surface area (TPSA) is 110 Å². The molecule has 4 aromatic rings. The molecule has 1 fully saturated rings. The third-order valence-electron chi connectivity index (χ3n) is 6.23. The van der Waals surface area contributed by atoms with Crippen molar-refractivity contribution in [2.45, 2.75) is 18.9 Å². The minimum absolute atomic E-state index is 0.0347. The van der Waals surface area contributed by atoms with E-state index < -0.39 is 0 Å². The lowest BCUT2D eigenvalue weighted by molar-refractivity contribution is -0.133. The molecule has 1 N–H and O–H groups in total. The summed E-state index contributed by atoms with van der Waals surface area (Å²) < 4.78 is 10.3. The van der Waals surface area contributed by atoms with Gasteiger partial charge >= 0.3 is 0 Å². The molecule has 9 heteroatoms. The summed E-state index contributed by atoms with van der Waals surface area (Å²) in [6.45, 7) is 1.44. The van der Waals surface area contributed by atoms with Crippen LogP contribution in [0.15, 0.2) is 73.2 Å². The summed E-state index contributed by atoms with van der Waals surface area (Å²) in [5.74, 6) is -0.185. The van der Waals surface area contributed by atoms with E-state index in [1.807, 2.05) is 42.5 Å². The number of nitrogens with one attached hydrogen (secondary N) is 1. The lowest BCUT2D eigenvalue weighted by atomic mass is 10.0. The molecule has 1 saturated heterocycles. The van der Waals surface area contributed by atoms with Gasteiger partial charge in [-0.25, -0.2) is 0 Å². The maximum Gasteiger partial charge on any atom is 0.294 e. The number of benzene rings is 1. The van der Waals surface area contributed by atoms with E-state index in [9.17, 15) is 9.59 Å². The predicted octanol–water partition coefficient (Wildman–Crippen LogP) is 3.95. The second-order valence-electron chi connectivity index (χ2n) is 8.39. The van der Waals surface area contributed by atoms with Crippen molar-refractivity contribution < 1.29 is 19.1 Å². The Bertz CT molecular complexity index is 1320. The number of pyridine rings is 2. The molecule has 0 radical (unpaired) electrons. The van der Waals surface area contributed by atoms with Gasteiger partial charge in [-0.2, -0.15) is 5.10 Å². The number of H-pyrrole nitrogens is 1. The quantitative estimate of drug-likeness (QED) is 0.298. The maximum atomic E-state index is 13.2. The summed E-state index contributed by atoms with van der Waals surface area (Å²) in [5, 5.41) is 7.25. The van der Waals surface area contributed by atoms with Crippen LogP contribution >= 0.6 is 0 Å². The minimum Gasteiger partial charge on any atom is -0.446 e. The van der Waals surface area contributed by atoms with E-state index in [0.717, 1.165) is 33.8 Å². The molecule has 3 aromatic heterocycles. The molecule has 0 unspecified atom stereocenters. The lowest BCUT2D eigenvalue weighted by Gasteiger charge is -2.33. The van der Waals surface area contributed by atoms with Gasteiger partial charge in [0.15, 0.2) is 6.73 Å². The third-order valence-corrected chi connectivity index (χ3v) is 6.23. The summed E-state index contributed by atoms with van der Waals surface area (Å²) in [6.07, 6.45) is 6.68. The molecule has 5 rings (SSSR count). The summed E-state index contributed by atoms with van der Waals surface area (Å²) in [5.41, 5.74) is 5.67. The molecule has 1 amide bonds. The van der Waals surface area contributed by atoms with Gasteiger partial charge in [0.25, 0.3) is 12.4 Å². The monoisotopic (exact) mass is 483 g/mol. The van der Waals surface area contributed by atoms with Gasteiger partial charge in [-0.05, 0) is 54.8 Å². The first-order valence-electron chi connectivity index (χ1n) is 11.7. The number of rotatable bonds is 8. The van der Waals surface area contributed by atoms with Gasteiger partial charge in [-0.1, -0.05) is 18.2 Å². The van der Waals surface area contributed by atoms with Gasteiger partial charge in [0.1, 0.15) is 0 Å². The maximum absolute atomic E-state index is 13.2. The number of hydrogen-bond donors (Lipinski definition) is 1. The van der Waals surface area contributed by atoms with E-state index in [-0.39, 0.29) is 18.7 Å². The zero-order valence-corrected chi connectivity index (χ0v) is 19.5. The fourth-order valence-corrected chi connectivity index (χ4v) is 4.35. The molecule has 1 aliphatic heterocycles. The average Bonchev–Trinajstić information content (AvgIpc) is 3.45. The van der Waals surface area contributed by atoms with E-state index in [2.05, 4.69) is 20.2 Å². The van der Waals surface area contributed by atoms with Crippen molar-refractivity contribution in [1.29, 1.82) is 0 Å². The van der Waals surface area contributed by atoms with Gasteiger partial charge in [0.2, 0.25) is 0 Å². The van der Waals surface area contributed by atoms with Crippen molar-refractivity contribution in [3.8, 4) is 33.8 Å². The molecule has 0 atom stereocenters. The average molecular weight is 484 g/mol. The molecule has 1 aromatic carbocycles. The standard InChI is InChI=1S/C27H25N5O4/c33-18-36-17-32(22-9-13-35-14-10-22)27(34)20-6-4-19(5-7-20)25-15-21(8-12-29-25)23-16-30-31-26(23)24-3-1-2-11-28-24/h1-8,11-12,15-16,18,22H,9-10,13-14,17H2,(H,30,31). The van der Waals surface area contributed by atoms with Crippen molar-refractivity contribution in [1.82, 2.24) is 25.1 Å². The Morgan fingerprint density at radius 2 is 1.83 bits per heavy atom. The largest absolute Gasteiger partial charge is 0.446 e. The number of aromatic amines is 1. The number of carbonyl (C=O) groups is 2. The summed E-state index contributed by atoms with van der Waals surface area (Å²) in [6, 6.07) is 16.9. The normalized spacial score (nSPS) is 13.8. The Balaban J connectivity index is 1.38. The molecule has 182 valence electrons. The smallest absolute Gasteiger partial charge is 0.294 e. The highest BCUT2D eigenvalue weighted by Crippen LogP contribution is 2.31. The van der Waals surface area contributed by atoms with Crippen LogP contribution in [0.3, 0.4) is 0 Å². The molecule has 0 aliphatic carbocycles. The van der Waals surface area contributed by atoms with Crippen LogP contribution in [0.5, 0.6) is 0 Å². The van der Waals surface area contributed by atoms with Crippen molar-refractivity contribution >= 4 is 12.4 Å². The van der Waals surface area contributed by atoms with Gasteiger partial charge in [0.05, 0.1) is 23.3 Å². The van der Waals surface area contributed by atoms with Crippen LogP contribution < -0.4 is 0 Å². The highest BCUT2D eigenvalue weighted by atomic mass is 16.5. The Morgan fingerprint density at radius 3 is 2.58 bits per heavy atom. The zero-order chi connectivity index (χ0) is 24.7. The van der Waals surface area contributed by atoms with E-state index >= 15 is 0 Å². The second kappa shape index (κ2) is 10.9. The SMILES string of the molecule is O=COCN(C(=O)c1ccc(-c2cc(-c3cn[nH]c3-c3ccccn3)ccn2)cc1)C1CCOCC1.